The highest BCUT2D eigenvalue weighted by molar-refractivity contribution is 14.0. The molecule has 0 bridgehead atoms. The van der Waals surface area contributed by atoms with Gasteiger partial charge in [0.15, 0.2) is 11.8 Å². The minimum Gasteiger partial charge on any atom is -0.354 e. The van der Waals surface area contributed by atoms with E-state index in [0.29, 0.717) is 18.6 Å². The molecule has 2 saturated carbocycles. The molecular weight excluding hydrogens is 459 g/mol. The molecule has 2 atom stereocenters. The molecule has 2 aliphatic carbocycles. The molecule has 8 heteroatoms. The molecule has 1 heterocycles. The number of rotatable bonds is 5. The van der Waals surface area contributed by atoms with Crippen molar-refractivity contribution in [3.05, 3.63) is 11.6 Å². The van der Waals surface area contributed by atoms with Gasteiger partial charge in [0.25, 0.3) is 0 Å². The molecule has 148 valence electrons. The lowest BCUT2D eigenvalue weighted by Gasteiger charge is -2.30. The third-order valence-electron chi connectivity index (χ3n) is 5.56. The van der Waals surface area contributed by atoms with Gasteiger partial charge in [-0.3, -0.25) is 0 Å². The maximum absolute atomic E-state index is 4.84. The summed E-state index contributed by atoms with van der Waals surface area (Å²) in [7, 11) is 2.00. The summed E-state index contributed by atoms with van der Waals surface area (Å²) in [5, 5.41) is 16.5. The summed E-state index contributed by atoms with van der Waals surface area (Å²) in [5.41, 5.74) is 0. The van der Waals surface area contributed by atoms with Gasteiger partial charge in [0.1, 0.15) is 12.4 Å². The zero-order valence-corrected chi connectivity index (χ0v) is 19.3. The molecule has 26 heavy (non-hydrogen) atoms. The Morgan fingerprint density at radius 3 is 2.46 bits per heavy atom. The first-order valence-electron chi connectivity index (χ1n) is 9.61. The normalized spacial score (nSPS) is 24.3. The largest absolute Gasteiger partial charge is 0.354 e. The van der Waals surface area contributed by atoms with Crippen molar-refractivity contribution >= 4 is 41.7 Å². The van der Waals surface area contributed by atoms with Crippen LogP contribution in [-0.2, 0) is 13.6 Å². The van der Waals surface area contributed by atoms with Gasteiger partial charge in [-0.1, -0.05) is 19.3 Å². The first kappa shape index (κ1) is 21.8. The molecule has 0 amide bonds. The van der Waals surface area contributed by atoms with Gasteiger partial charge in [-0.25, -0.2) is 4.99 Å². The number of hydrogen-bond acceptors (Lipinski definition) is 4. The summed E-state index contributed by atoms with van der Waals surface area (Å²) >= 11 is 2.00. The topological polar surface area (TPSA) is 67.1 Å². The SMILES string of the molecule is CSC1CCCC(NC(=NCc2nnc(C)n2C)NC2CCCC2)C1.I. The van der Waals surface area contributed by atoms with Gasteiger partial charge in [0.2, 0.25) is 0 Å². The molecule has 2 fully saturated rings. The van der Waals surface area contributed by atoms with Crippen LogP contribution in [0, 0.1) is 6.92 Å². The molecule has 2 unspecified atom stereocenters. The van der Waals surface area contributed by atoms with Crippen molar-refractivity contribution < 1.29 is 0 Å². The summed E-state index contributed by atoms with van der Waals surface area (Å²) < 4.78 is 2.01. The number of nitrogens with one attached hydrogen (secondary N) is 2. The van der Waals surface area contributed by atoms with Crippen molar-refractivity contribution in [2.24, 2.45) is 12.0 Å². The summed E-state index contributed by atoms with van der Waals surface area (Å²) in [6, 6.07) is 1.09. The molecular formula is C18H33IN6S. The Balaban J connectivity index is 0.00000243. The van der Waals surface area contributed by atoms with E-state index in [0.717, 1.165) is 22.9 Å². The number of thioether (sulfide) groups is 1. The molecule has 0 radical (unpaired) electrons. The number of guanidine groups is 1. The van der Waals surface area contributed by atoms with Crippen molar-refractivity contribution in [3.8, 4) is 0 Å². The fourth-order valence-electron chi connectivity index (χ4n) is 3.82. The maximum Gasteiger partial charge on any atom is 0.192 e. The fourth-order valence-corrected chi connectivity index (χ4v) is 4.65. The molecule has 2 N–H and O–H groups in total. The van der Waals surface area contributed by atoms with E-state index < -0.39 is 0 Å². The number of aromatic nitrogens is 3. The van der Waals surface area contributed by atoms with Gasteiger partial charge in [0.05, 0.1) is 0 Å². The minimum atomic E-state index is 0. The van der Waals surface area contributed by atoms with Crippen LogP contribution < -0.4 is 10.6 Å². The van der Waals surface area contributed by atoms with E-state index in [1.54, 1.807) is 0 Å². The third-order valence-corrected chi connectivity index (χ3v) is 6.65. The van der Waals surface area contributed by atoms with Gasteiger partial charge in [-0.15, -0.1) is 34.2 Å². The van der Waals surface area contributed by atoms with E-state index >= 15 is 0 Å². The predicted octanol–water partition coefficient (Wildman–Crippen LogP) is 3.39. The van der Waals surface area contributed by atoms with E-state index in [4.69, 9.17) is 4.99 Å². The average molecular weight is 492 g/mol. The summed E-state index contributed by atoms with van der Waals surface area (Å²) in [5.74, 6) is 2.80. The molecule has 6 nitrogen and oxygen atoms in total. The maximum atomic E-state index is 4.84. The second-order valence-corrected chi connectivity index (χ2v) is 8.52. The number of halogens is 1. The number of nitrogens with zero attached hydrogens (tertiary/aromatic N) is 4. The predicted molar refractivity (Wildman–Crippen MR) is 120 cm³/mol. The first-order valence-corrected chi connectivity index (χ1v) is 10.9. The van der Waals surface area contributed by atoms with Crippen molar-refractivity contribution in [1.82, 2.24) is 25.4 Å². The quantitative estimate of drug-likeness (QED) is 0.375. The Bertz CT molecular complexity index is 584. The van der Waals surface area contributed by atoms with Crippen LogP contribution in [0.4, 0.5) is 0 Å². The van der Waals surface area contributed by atoms with Crippen LogP contribution in [0.3, 0.4) is 0 Å². The first-order chi connectivity index (χ1) is 12.2. The third kappa shape index (κ3) is 6.00. The number of hydrogen-bond donors (Lipinski definition) is 2. The van der Waals surface area contributed by atoms with Gasteiger partial charge in [-0.2, -0.15) is 11.8 Å². The summed E-state index contributed by atoms with van der Waals surface area (Å²) in [6.07, 6.45) is 12.5. The fraction of sp³-hybridized carbons (Fsp3) is 0.833. The molecule has 2 aliphatic rings. The smallest absolute Gasteiger partial charge is 0.192 e. The van der Waals surface area contributed by atoms with E-state index in [1.165, 1.54) is 51.4 Å². The molecule has 0 aliphatic heterocycles. The Kier molecular flexibility index (Phi) is 8.99. The lowest BCUT2D eigenvalue weighted by molar-refractivity contribution is 0.416. The van der Waals surface area contributed by atoms with E-state index in [1.807, 2.05) is 30.3 Å². The van der Waals surface area contributed by atoms with Crippen LogP contribution >= 0.6 is 35.7 Å². The molecule has 3 rings (SSSR count). The van der Waals surface area contributed by atoms with Gasteiger partial charge >= 0.3 is 0 Å². The molecule has 0 aromatic carbocycles. The van der Waals surface area contributed by atoms with Crippen LogP contribution in [-0.4, -0.2) is 44.3 Å². The van der Waals surface area contributed by atoms with Gasteiger partial charge in [-0.05, 0) is 45.3 Å². The lowest BCUT2D eigenvalue weighted by atomic mass is 9.95. The summed E-state index contributed by atoms with van der Waals surface area (Å²) in [4.78, 5) is 4.84. The van der Waals surface area contributed by atoms with Crippen molar-refractivity contribution in [2.45, 2.75) is 82.2 Å². The number of aliphatic imine (C=N–C) groups is 1. The monoisotopic (exact) mass is 492 g/mol. The van der Waals surface area contributed by atoms with Crippen LogP contribution in [0.25, 0.3) is 0 Å². The Hall–Kier alpha value is -0.510. The highest BCUT2D eigenvalue weighted by Gasteiger charge is 2.23. The summed E-state index contributed by atoms with van der Waals surface area (Å²) in [6.45, 7) is 2.54. The second-order valence-electron chi connectivity index (χ2n) is 7.38. The van der Waals surface area contributed by atoms with Crippen LogP contribution in [0.15, 0.2) is 4.99 Å². The Labute approximate surface area is 178 Å². The Morgan fingerprint density at radius 2 is 1.81 bits per heavy atom. The van der Waals surface area contributed by atoms with Crippen LogP contribution in [0.5, 0.6) is 0 Å². The molecule has 0 spiro atoms. The highest BCUT2D eigenvalue weighted by atomic mass is 127. The van der Waals surface area contributed by atoms with Crippen molar-refractivity contribution in [3.63, 3.8) is 0 Å². The second kappa shape index (κ2) is 10.7. The zero-order valence-electron chi connectivity index (χ0n) is 16.2. The average Bonchev–Trinajstić information content (AvgIpc) is 3.24. The Morgan fingerprint density at radius 1 is 1.12 bits per heavy atom. The van der Waals surface area contributed by atoms with E-state index in [2.05, 4.69) is 27.1 Å². The van der Waals surface area contributed by atoms with Crippen LogP contribution in [0.2, 0.25) is 0 Å². The lowest BCUT2D eigenvalue weighted by Crippen LogP contribution is -2.48. The molecule has 1 aromatic heterocycles. The van der Waals surface area contributed by atoms with Crippen molar-refractivity contribution in [2.75, 3.05) is 6.26 Å². The van der Waals surface area contributed by atoms with Gasteiger partial charge < -0.3 is 15.2 Å². The van der Waals surface area contributed by atoms with E-state index in [9.17, 15) is 0 Å². The van der Waals surface area contributed by atoms with Crippen molar-refractivity contribution in [1.29, 1.82) is 0 Å². The van der Waals surface area contributed by atoms with E-state index in [-0.39, 0.29) is 24.0 Å². The minimum absolute atomic E-state index is 0. The van der Waals surface area contributed by atoms with Crippen LogP contribution in [0.1, 0.15) is 63.0 Å². The number of aryl methyl sites for hydroxylation is 1. The van der Waals surface area contributed by atoms with Gasteiger partial charge in [0, 0.05) is 24.4 Å². The standard InChI is InChI=1S/C18H32N6S.HI/c1-13-22-23-17(24(13)2)12-19-18(20-14-7-4-5-8-14)21-15-9-6-10-16(11-15)25-3;/h14-16H,4-12H2,1-3H3,(H2,19,20,21);1H. The molecule has 1 aromatic rings. The zero-order chi connectivity index (χ0) is 17.6. The molecule has 0 saturated heterocycles. The highest BCUT2D eigenvalue weighted by Crippen LogP contribution is 2.27.